The quantitative estimate of drug-likeness (QED) is 0.590. The predicted octanol–water partition coefficient (Wildman–Crippen LogP) is 4.12. The van der Waals surface area contributed by atoms with Crippen molar-refractivity contribution in [3.63, 3.8) is 0 Å². The molecule has 0 spiro atoms. The van der Waals surface area contributed by atoms with Crippen molar-refractivity contribution in [2.75, 3.05) is 13.1 Å². The smallest absolute Gasteiger partial charge is 0.257 e. The van der Waals surface area contributed by atoms with Gasteiger partial charge in [0, 0.05) is 18.7 Å². The fourth-order valence-electron chi connectivity index (χ4n) is 2.66. The molecule has 0 radical (unpaired) electrons. The van der Waals surface area contributed by atoms with Gasteiger partial charge in [-0.1, -0.05) is 58.7 Å². The number of benzene rings is 2. The van der Waals surface area contributed by atoms with Crippen molar-refractivity contribution < 1.29 is 14.1 Å². The van der Waals surface area contributed by atoms with Gasteiger partial charge >= 0.3 is 0 Å². The van der Waals surface area contributed by atoms with Gasteiger partial charge in [0.2, 0.25) is 0 Å². The van der Waals surface area contributed by atoms with Crippen molar-refractivity contribution in [2.45, 2.75) is 6.92 Å². The lowest BCUT2D eigenvalue weighted by Gasteiger charge is -2.09. The molecule has 3 rings (SSSR count). The molecule has 0 saturated heterocycles. The average Bonchev–Trinajstić information content (AvgIpc) is 3.07. The van der Waals surface area contributed by atoms with E-state index in [1.54, 1.807) is 55.5 Å². The number of carbonyl (C=O) groups is 2. The Kier molecular flexibility index (Phi) is 6.34. The van der Waals surface area contributed by atoms with Crippen LogP contribution >= 0.6 is 23.2 Å². The number of nitrogens with one attached hydrogen (secondary N) is 2. The first kappa shape index (κ1) is 19.9. The Labute approximate surface area is 171 Å². The molecule has 1 heterocycles. The van der Waals surface area contributed by atoms with E-state index in [0.717, 1.165) is 0 Å². The van der Waals surface area contributed by atoms with Gasteiger partial charge in [-0.3, -0.25) is 9.59 Å². The third-order valence-corrected chi connectivity index (χ3v) is 4.69. The summed E-state index contributed by atoms with van der Waals surface area (Å²) in [6, 6.07) is 13.8. The number of rotatable bonds is 6. The van der Waals surface area contributed by atoms with E-state index in [-0.39, 0.29) is 24.9 Å². The number of nitrogens with zero attached hydrogens (tertiary/aromatic N) is 1. The lowest BCUT2D eigenvalue weighted by atomic mass is 10.1. The molecule has 3 aromatic rings. The molecule has 6 nitrogen and oxygen atoms in total. The number of amides is 2. The minimum atomic E-state index is -0.360. The standard InChI is InChI=1S/C20H17Cl2N3O3/c1-12-17(18(25-28-12)13-6-2-4-8-15(13)21)20(27)24-11-10-23-19(26)14-7-3-5-9-16(14)22/h2-9H,10-11H2,1H3,(H,23,26)(H,24,27). The van der Waals surface area contributed by atoms with Gasteiger partial charge < -0.3 is 15.2 Å². The van der Waals surface area contributed by atoms with Gasteiger partial charge in [0.05, 0.1) is 15.6 Å². The number of hydrogen-bond donors (Lipinski definition) is 2. The van der Waals surface area contributed by atoms with E-state index in [9.17, 15) is 9.59 Å². The molecule has 0 aliphatic rings. The summed E-state index contributed by atoms with van der Waals surface area (Å²) in [4.78, 5) is 24.7. The summed E-state index contributed by atoms with van der Waals surface area (Å²) < 4.78 is 5.19. The van der Waals surface area contributed by atoms with Crippen molar-refractivity contribution in [3.05, 3.63) is 75.5 Å². The van der Waals surface area contributed by atoms with Gasteiger partial charge in [0.15, 0.2) is 0 Å². The van der Waals surface area contributed by atoms with Gasteiger partial charge in [-0.2, -0.15) is 0 Å². The molecule has 0 bridgehead atoms. The minimum absolute atomic E-state index is 0.224. The second-order valence-corrected chi connectivity index (χ2v) is 6.75. The van der Waals surface area contributed by atoms with E-state index in [1.807, 2.05) is 0 Å². The third-order valence-electron chi connectivity index (χ3n) is 4.03. The number of aromatic nitrogens is 1. The van der Waals surface area contributed by atoms with Crippen LogP contribution in [0.1, 0.15) is 26.5 Å². The molecular formula is C20H17Cl2N3O3. The van der Waals surface area contributed by atoms with Crippen LogP contribution < -0.4 is 10.6 Å². The summed E-state index contributed by atoms with van der Waals surface area (Å²) in [7, 11) is 0. The molecule has 2 N–H and O–H groups in total. The van der Waals surface area contributed by atoms with Crippen LogP contribution in [0.5, 0.6) is 0 Å². The Bertz CT molecular complexity index is 1020. The SMILES string of the molecule is Cc1onc(-c2ccccc2Cl)c1C(=O)NCCNC(=O)c1ccccc1Cl. The Morgan fingerprint density at radius 2 is 1.54 bits per heavy atom. The molecule has 0 saturated carbocycles. The molecule has 8 heteroatoms. The van der Waals surface area contributed by atoms with E-state index in [4.69, 9.17) is 27.7 Å². The highest BCUT2D eigenvalue weighted by atomic mass is 35.5. The Morgan fingerprint density at radius 3 is 2.21 bits per heavy atom. The zero-order valence-corrected chi connectivity index (χ0v) is 16.5. The maximum Gasteiger partial charge on any atom is 0.257 e. The zero-order chi connectivity index (χ0) is 20.1. The van der Waals surface area contributed by atoms with Crippen LogP contribution in [0, 0.1) is 6.92 Å². The van der Waals surface area contributed by atoms with Gasteiger partial charge in [0.1, 0.15) is 17.0 Å². The highest BCUT2D eigenvalue weighted by Crippen LogP contribution is 2.30. The summed E-state index contributed by atoms with van der Waals surface area (Å²) in [5, 5.41) is 10.3. The lowest BCUT2D eigenvalue weighted by Crippen LogP contribution is -2.35. The van der Waals surface area contributed by atoms with Crippen molar-refractivity contribution in [3.8, 4) is 11.3 Å². The zero-order valence-electron chi connectivity index (χ0n) is 15.0. The highest BCUT2D eigenvalue weighted by Gasteiger charge is 2.22. The minimum Gasteiger partial charge on any atom is -0.360 e. The lowest BCUT2D eigenvalue weighted by molar-refractivity contribution is 0.0927. The maximum atomic E-state index is 12.6. The monoisotopic (exact) mass is 417 g/mol. The van der Waals surface area contributed by atoms with Crippen LogP contribution in [-0.4, -0.2) is 30.1 Å². The molecule has 0 aliphatic heterocycles. The number of halogens is 2. The molecule has 2 amide bonds. The molecule has 0 aliphatic carbocycles. The summed E-state index contributed by atoms with van der Waals surface area (Å²) in [6.07, 6.45) is 0. The second kappa shape index (κ2) is 8.91. The van der Waals surface area contributed by atoms with Gasteiger partial charge in [0.25, 0.3) is 11.8 Å². The summed E-state index contributed by atoms with van der Waals surface area (Å²) >= 11 is 12.2. The van der Waals surface area contributed by atoms with Crippen molar-refractivity contribution >= 4 is 35.0 Å². The first-order chi connectivity index (χ1) is 13.5. The summed E-state index contributed by atoms with van der Waals surface area (Å²) in [5.41, 5.74) is 1.68. The molecule has 144 valence electrons. The molecule has 2 aromatic carbocycles. The van der Waals surface area contributed by atoms with Crippen molar-refractivity contribution in [2.24, 2.45) is 0 Å². The van der Waals surface area contributed by atoms with Crippen LogP contribution in [0.25, 0.3) is 11.3 Å². The maximum absolute atomic E-state index is 12.6. The van der Waals surface area contributed by atoms with E-state index in [0.29, 0.717) is 38.2 Å². The Balaban J connectivity index is 1.62. The van der Waals surface area contributed by atoms with E-state index in [1.165, 1.54) is 0 Å². The Hall–Kier alpha value is -2.83. The Morgan fingerprint density at radius 1 is 0.929 bits per heavy atom. The highest BCUT2D eigenvalue weighted by molar-refractivity contribution is 6.34. The molecule has 0 fully saturated rings. The predicted molar refractivity (Wildman–Crippen MR) is 108 cm³/mol. The third kappa shape index (κ3) is 4.35. The number of carbonyl (C=O) groups excluding carboxylic acids is 2. The number of aryl methyl sites for hydroxylation is 1. The summed E-state index contributed by atoms with van der Waals surface area (Å²) in [6.45, 7) is 2.12. The van der Waals surface area contributed by atoms with Crippen LogP contribution in [0.2, 0.25) is 10.0 Å². The number of hydrogen-bond acceptors (Lipinski definition) is 4. The molecule has 0 unspecified atom stereocenters. The molecular weight excluding hydrogens is 401 g/mol. The van der Waals surface area contributed by atoms with E-state index in [2.05, 4.69) is 15.8 Å². The average molecular weight is 418 g/mol. The van der Waals surface area contributed by atoms with Gasteiger partial charge in [-0.05, 0) is 25.1 Å². The van der Waals surface area contributed by atoms with Crippen LogP contribution in [-0.2, 0) is 0 Å². The normalized spacial score (nSPS) is 10.5. The van der Waals surface area contributed by atoms with Crippen LogP contribution in [0.3, 0.4) is 0 Å². The van der Waals surface area contributed by atoms with Crippen molar-refractivity contribution in [1.29, 1.82) is 0 Å². The van der Waals surface area contributed by atoms with Crippen molar-refractivity contribution in [1.82, 2.24) is 15.8 Å². The van der Waals surface area contributed by atoms with Gasteiger partial charge in [-0.15, -0.1) is 0 Å². The van der Waals surface area contributed by atoms with Crippen LogP contribution in [0.4, 0.5) is 0 Å². The molecule has 0 atom stereocenters. The second-order valence-electron chi connectivity index (χ2n) is 5.93. The molecule has 1 aromatic heterocycles. The first-order valence-electron chi connectivity index (χ1n) is 8.51. The first-order valence-corrected chi connectivity index (χ1v) is 9.26. The fourth-order valence-corrected chi connectivity index (χ4v) is 3.10. The topological polar surface area (TPSA) is 84.2 Å². The summed E-state index contributed by atoms with van der Waals surface area (Å²) in [5.74, 6) is -0.286. The fraction of sp³-hybridized carbons (Fsp3) is 0.150. The van der Waals surface area contributed by atoms with Crippen LogP contribution in [0.15, 0.2) is 53.1 Å². The van der Waals surface area contributed by atoms with E-state index < -0.39 is 0 Å². The largest absolute Gasteiger partial charge is 0.360 e. The van der Waals surface area contributed by atoms with E-state index >= 15 is 0 Å². The molecule has 28 heavy (non-hydrogen) atoms. The van der Waals surface area contributed by atoms with Gasteiger partial charge in [-0.25, -0.2) is 0 Å².